The van der Waals surface area contributed by atoms with Crippen molar-refractivity contribution in [3.8, 4) is 0 Å². The van der Waals surface area contributed by atoms with Crippen molar-refractivity contribution in [2.24, 2.45) is 5.73 Å². The fourth-order valence-corrected chi connectivity index (χ4v) is 2.36. The van der Waals surface area contributed by atoms with E-state index in [0.29, 0.717) is 10.7 Å². The van der Waals surface area contributed by atoms with Crippen molar-refractivity contribution in [3.05, 3.63) is 35.0 Å². The Morgan fingerprint density at radius 1 is 1.39 bits per heavy atom. The molecule has 1 fully saturated rings. The molecule has 0 spiro atoms. The summed E-state index contributed by atoms with van der Waals surface area (Å²) in [5, 5.41) is 4.53. The first-order chi connectivity index (χ1) is 8.63. The Bertz CT molecular complexity index is 607. The van der Waals surface area contributed by atoms with Crippen molar-refractivity contribution >= 4 is 28.4 Å². The molecular formula is C13H14ClN3O. The second-order valence-corrected chi connectivity index (χ2v) is 5.17. The number of aromatic nitrogens is 1. The maximum absolute atomic E-state index is 12.0. The molecule has 1 aliphatic carbocycles. The van der Waals surface area contributed by atoms with Crippen molar-refractivity contribution in [2.75, 3.05) is 0 Å². The third kappa shape index (κ3) is 1.98. The molecule has 0 radical (unpaired) electrons. The molecule has 1 heterocycles. The molecule has 2 atom stereocenters. The standard InChI is InChI=1S/C13H14ClN3O/c14-8-1-3-10-7(5-8)6-12(16-10)13(18)17-11-4-2-9(11)15/h1,3,5-6,9,11,16H,2,4,15H2,(H,17,18). The van der Waals surface area contributed by atoms with E-state index in [2.05, 4.69) is 10.3 Å². The van der Waals surface area contributed by atoms with Crippen molar-refractivity contribution in [3.63, 3.8) is 0 Å². The van der Waals surface area contributed by atoms with E-state index in [0.717, 1.165) is 23.7 Å². The molecule has 1 aromatic heterocycles. The minimum absolute atomic E-state index is 0.0905. The van der Waals surface area contributed by atoms with Gasteiger partial charge < -0.3 is 16.0 Å². The molecule has 3 rings (SSSR count). The van der Waals surface area contributed by atoms with Crippen molar-refractivity contribution < 1.29 is 4.79 Å². The first-order valence-corrected chi connectivity index (χ1v) is 6.36. The third-order valence-corrected chi connectivity index (χ3v) is 3.71. The fourth-order valence-electron chi connectivity index (χ4n) is 2.18. The average molecular weight is 264 g/mol. The number of rotatable bonds is 2. The van der Waals surface area contributed by atoms with E-state index in [1.807, 2.05) is 12.1 Å². The van der Waals surface area contributed by atoms with Crippen LogP contribution in [-0.2, 0) is 0 Å². The Balaban J connectivity index is 1.83. The summed E-state index contributed by atoms with van der Waals surface area (Å²) in [6, 6.07) is 7.49. The highest BCUT2D eigenvalue weighted by Gasteiger charge is 2.29. The summed E-state index contributed by atoms with van der Waals surface area (Å²) >= 11 is 5.91. The lowest BCUT2D eigenvalue weighted by Gasteiger charge is -2.33. The van der Waals surface area contributed by atoms with Gasteiger partial charge in [0.1, 0.15) is 5.69 Å². The van der Waals surface area contributed by atoms with E-state index in [1.54, 1.807) is 12.1 Å². The SMILES string of the molecule is NC1CCC1NC(=O)c1cc2cc(Cl)ccc2[nH]1. The van der Waals surface area contributed by atoms with Gasteiger partial charge >= 0.3 is 0 Å². The number of amides is 1. The second kappa shape index (κ2) is 4.30. The smallest absolute Gasteiger partial charge is 0.268 e. The zero-order valence-corrected chi connectivity index (χ0v) is 10.5. The zero-order valence-electron chi connectivity index (χ0n) is 9.74. The molecule has 4 nitrogen and oxygen atoms in total. The molecule has 5 heteroatoms. The van der Waals surface area contributed by atoms with Gasteiger partial charge in [-0.05, 0) is 37.1 Å². The maximum atomic E-state index is 12.0. The molecule has 18 heavy (non-hydrogen) atoms. The van der Waals surface area contributed by atoms with Crippen LogP contribution in [0.25, 0.3) is 10.9 Å². The van der Waals surface area contributed by atoms with Crippen LogP contribution < -0.4 is 11.1 Å². The number of halogens is 1. The summed E-state index contributed by atoms with van der Waals surface area (Å²) in [5.41, 5.74) is 7.25. The summed E-state index contributed by atoms with van der Waals surface area (Å²) in [6.45, 7) is 0. The topological polar surface area (TPSA) is 70.9 Å². The van der Waals surface area contributed by atoms with E-state index in [-0.39, 0.29) is 18.0 Å². The molecule has 1 saturated carbocycles. The summed E-state index contributed by atoms with van der Waals surface area (Å²) in [4.78, 5) is 15.1. The Labute approximate surface area is 109 Å². The predicted octanol–water partition coefficient (Wildman–Crippen LogP) is 2.04. The quantitative estimate of drug-likeness (QED) is 0.776. The maximum Gasteiger partial charge on any atom is 0.268 e. The number of aromatic amines is 1. The van der Waals surface area contributed by atoms with Gasteiger partial charge in [-0.1, -0.05) is 11.6 Å². The van der Waals surface area contributed by atoms with Gasteiger partial charge in [-0.2, -0.15) is 0 Å². The van der Waals surface area contributed by atoms with E-state index in [1.165, 1.54) is 0 Å². The second-order valence-electron chi connectivity index (χ2n) is 4.74. The van der Waals surface area contributed by atoms with Gasteiger partial charge in [0, 0.05) is 28.0 Å². The third-order valence-electron chi connectivity index (χ3n) is 3.47. The zero-order chi connectivity index (χ0) is 12.7. The number of carbonyl (C=O) groups is 1. The Morgan fingerprint density at radius 2 is 2.22 bits per heavy atom. The number of carbonyl (C=O) groups excluding carboxylic acids is 1. The minimum atomic E-state index is -0.109. The van der Waals surface area contributed by atoms with Gasteiger partial charge in [-0.3, -0.25) is 4.79 Å². The Morgan fingerprint density at radius 3 is 2.89 bits per heavy atom. The predicted molar refractivity (Wildman–Crippen MR) is 71.8 cm³/mol. The molecule has 2 unspecified atom stereocenters. The summed E-state index contributed by atoms with van der Waals surface area (Å²) in [6.07, 6.45) is 1.94. The number of nitrogens with two attached hydrogens (primary N) is 1. The van der Waals surface area contributed by atoms with Crippen LogP contribution in [0, 0.1) is 0 Å². The molecule has 2 aromatic rings. The fraction of sp³-hybridized carbons (Fsp3) is 0.308. The van der Waals surface area contributed by atoms with Crippen molar-refractivity contribution in [1.29, 1.82) is 0 Å². The van der Waals surface area contributed by atoms with Crippen LogP contribution in [0.15, 0.2) is 24.3 Å². The summed E-state index contributed by atoms with van der Waals surface area (Å²) < 4.78 is 0. The number of nitrogens with one attached hydrogen (secondary N) is 2. The summed E-state index contributed by atoms with van der Waals surface area (Å²) in [7, 11) is 0. The van der Waals surface area contributed by atoms with Gasteiger partial charge in [-0.15, -0.1) is 0 Å². The molecule has 4 N–H and O–H groups in total. The average Bonchev–Trinajstić information content (AvgIpc) is 2.76. The van der Waals surface area contributed by atoms with Gasteiger partial charge in [-0.25, -0.2) is 0 Å². The first-order valence-electron chi connectivity index (χ1n) is 5.98. The van der Waals surface area contributed by atoms with Gasteiger partial charge in [0.05, 0.1) is 0 Å². The monoisotopic (exact) mass is 263 g/mol. The largest absolute Gasteiger partial charge is 0.351 e. The van der Waals surface area contributed by atoms with Gasteiger partial charge in [0.2, 0.25) is 0 Å². The van der Waals surface area contributed by atoms with E-state index >= 15 is 0 Å². The van der Waals surface area contributed by atoms with Crippen LogP contribution >= 0.6 is 11.6 Å². The van der Waals surface area contributed by atoms with Crippen LogP contribution in [-0.4, -0.2) is 23.0 Å². The first kappa shape index (κ1) is 11.6. The van der Waals surface area contributed by atoms with Crippen LogP contribution in [0.5, 0.6) is 0 Å². The Hall–Kier alpha value is -1.52. The highest BCUT2D eigenvalue weighted by atomic mass is 35.5. The minimum Gasteiger partial charge on any atom is -0.351 e. The number of fused-ring (bicyclic) bond motifs is 1. The van der Waals surface area contributed by atoms with Crippen LogP contribution in [0.3, 0.4) is 0 Å². The molecular weight excluding hydrogens is 250 g/mol. The molecule has 1 aliphatic rings. The molecule has 94 valence electrons. The summed E-state index contributed by atoms with van der Waals surface area (Å²) in [5.74, 6) is -0.109. The molecule has 0 bridgehead atoms. The molecule has 1 aromatic carbocycles. The Kier molecular flexibility index (Phi) is 2.76. The molecule has 0 aliphatic heterocycles. The number of hydrogen-bond acceptors (Lipinski definition) is 2. The van der Waals surface area contributed by atoms with E-state index in [9.17, 15) is 4.79 Å². The van der Waals surface area contributed by atoms with E-state index in [4.69, 9.17) is 17.3 Å². The molecule has 1 amide bonds. The lowest BCUT2D eigenvalue weighted by atomic mass is 9.87. The number of hydrogen-bond donors (Lipinski definition) is 3. The highest BCUT2D eigenvalue weighted by Crippen LogP contribution is 2.21. The van der Waals surface area contributed by atoms with Gasteiger partial charge in [0.25, 0.3) is 5.91 Å². The van der Waals surface area contributed by atoms with Crippen LogP contribution in [0.1, 0.15) is 23.3 Å². The lowest BCUT2D eigenvalue weighted by molar-refractivity contribution is 0.0901. The lowest BCUT2D eigenvalue weighted by Crippen LogP contribution is -2.54. The van der Waals surface area contributed by atoms with E-state index < -0.39 is 0 Å². The van der Waals surface area contributed by atoms with Crippen molar-refractivity contribution in [2.45, 2.75) is 24.9 Å². The van der Waals surface area contributed by atoms with Gasteiger partial charge in [0.15, 0.2) is 0 Å². The molecule has 0 saturated heterocycles. The normalized spacial score (nSPS) is 22.8. The van der Waals surface area contributed by atoms with Crippen LogP contribution in [0.2, 0.25) is 5.02 Å². The van der Waals surface area contributed by atoms with Crippen LogP contribution in [0.4, 0.5) is 0 Å². The number of H-pyrrole nitrogens is 1. The highest BCUT2D eigenvalue weighted by molar-refractivity contribution is 6.31. The van der Waals surface area contributed by atoms with Crippen molar-refractivity contribution in [1.82, 2.24) is 10.3 Å². The number of benzene rings is 1.